The lowest BCUT2D eigenvalue weighted by molar-refractivity contribution is -0.133. The molecule has 1 atom stereocenters. The molecule has 28 heavy (non-hydrogen) atoms. The van der Waals surface area contributed by atoms with Gasteiger partial charge < -0.3 is 10.2 Å². The van der Waals surface area contributed by atoms with Crippen molar-refractivity contribution in [3.8, 4) is 0 Å². The van der Waals surface area contributed by atoms with Gasteiger partial charge in [-0.05, 0) is 56.3 Å². The number of halogens is 1. The lowest BCUT2D eigenvalue weighted by Gasteiger charge is -2.28. The Kier molecular flexibility index (Phi) is 8.74. The minimum Gasteiger partial charge on any atom is -0.338 e. The monoisotopic (exact) mass is 429 g/mol. The third kappa shape index (κ3) is 5.47. The van der Waals surface area contributed by atoms with E-state index < -0.39 is 10.0 Å². The Morgan fingerprint density at radius 2 is 1.89 bits per heavy atom. The molecule has 2 aliphatic heterocycles. The zero-order chi connectivity index (χ0) is 19.3. The van der Waals surface area contributed by atoms with E-state index in [1.54, 1.807) is 16.4 Å². The van der Waals surface area contributed by atoms with Crippen molar-refractivity contribution in [2.45, 2.75) is 56.4 Å². The average molecular weight is 430 g/mol. The number of nitrogens with zero attached hydrogens (tertiary/aromatic N) is 2. The standard InChI is InChI=1S/C20H31N3O3S.ClH/c1-2-13-23(18-11-12-21-16-18)20(24)10-7-17-5-8-19(9-6-17)27(25,26)22-14-3-4-15-22;/h5-6,8-9,18,21H,2-4,7,10-16H2,1H3;1H. The van der Waals surface area contributed by atoms with Crippen LogP contribution in [0.25, 0.3) is 0 Å². The summed E-state index contributed by atoms with van der Waals surface area (Å²) in [7, 11) is -3.37. The first-order chi connectivity index (χ1) is 13.0. The van der Waals surface area contributed by atoms with Crippen LogP contribution in [0.2, 0.25) is 0 Å². The number of hydrogen-bond acceptors (Lipinski definition) is 4. The first kappa shape index (κ1) is 23.1. The Morgan fingerprint density at radius 1 is 1.21 bits per heavy atom. The van der Waals surface area contributed by atoms with Gasteiger partial charge in [0.05, 0.1) is 4.90 Å². The van der Waals surface area contributed by atoms with Gasteiger partial charge in [0.15, 0.2) is 0 Å². The predicted molar refractivity (Wildman–Crippen MR) is 113 cm³/mol. The van der Waals surface area contributed by atoms with Crippen molar-refractivity contribution in [1.82, 2.24) is 14.5 Å². The van der Waals surface area contributed by atoms with Crippen LogP contribution in [0.5, 0.6) is 0 Å². The van der Waals surface area contributed by atoms with Gasteiger partial charge >= 0.3 is 0 Å². The zero-order valence-corrected chi connectivity index (χ0v) is 18.2. The molecule has 1 amide bonds. The Labute approximate surface area is 175 Å². The number of sulfonamides is 1. The Morgan fingerprint density at radius 3 is 2.46 bits per heavy atom. The molecule has 0 spiro atoms. The summed E-state index contributed by atoms with van der Waals surface area (Å²) in [4.78, 5) is 15.1. The van der Waals surface area contributed by atoms with Crippen LogP contribution in [0.3, 0.4) is 0 Å². The topological polar surface area (TPSA) is 69.7 Å². The number of rotatable bonds is 8. The molecule has 8 heteroatoms. The molecule has 1 N–H and O–H groups in total. The van der Waals surface area contributed by atoms with Gasteiger partial charge in [0.2, 0.25) is 15.9 Å². The summed E-state index contributed by atoms with van der Waals surface area (Å²) in [5, 5.41) is 3.33. The highest BCUT2D eigenvalue weighted by Crippen LogP contribution is 2.21. The third-order valence-electron chi connectivity index (χ3n) is 5.51. The zero-order valence-electron chi connectivity index (χ0n) is 16.6. The lowest BCUT2D eigenvalue weighted by Crippen LogP contribution is -2.42. The molecule has 1 aromatic rings. The van der Waals surface area contributed by atoms with E-state index in [-0.39, 0.29) is 18.3 Å². The van der Waals surface area contributed by atoms with Gasteiger partial charge in [-0.15, -0.1) is 12.4 Å². The van der Waals surface area contributed by atoms with Gasteiger partial charge in [0, 0.05) is 38.6 Å². The SMILES string of the molecule is CCCN(C(=O)CCc1ccc(S(=O)(=O)N2CCCC2)cc1)C1CCNC1.Cl. The van der Waals surface area contributed by atoms with Crippen molar-refractivity contribution in [2.75, 3.05) is 32.7 Å². The fourth-order valence-electron chi connectivity index (χ4n) is 3.96. The minimum atomic E-state index is -3.37. The van der Waals surface area contributed by atoms with Gasteiger partial charge in [-0.25, -0.2) is 8.42 Å². The Bertz CT molecular complexity index is 728. The molecule has 1 aromatic carbocycles. The largest absolute Gasteiger partial charge is 0.338 e. The van der Waals surface area contributed by atoms with Gasteiger partial charge in [-0.3, -0.25) is 4.79 Å². The summed E-state index contributed by atoms with van der Waals surface area (Å²) < 4.78 is 26.7. The summed E-state index contributed by atoms with van der Waals surface area (Å²) in [6, 6.07) is 7.36. The fourth-order valence-corrected chi connectivity index (χ4v) is 5.47. The number of carbonyl (C=O) groups excluding carboxylic acids is 1. The van der Waals surface area contributed by atoms with E-state index in [2.05, 4.69) is 12.2 Å². The second-order valence-corrected chi connectivity index (χ2v) is 9.43. The maximum absolute atomic E-state index is 12.7. The van der Waals surface area contributed by atoms with Crippen LogP contribution in [-0.2, 0) is 21.2 Å². The summed E-state index contributed by atoms with van der Waals surface area (Å²) in [6.45, 7) is 5.99. The van der Waals surface area contributed by atoms with Crippen LogP contribution in [0.15, 0.2) is 29.2 Å². The van der Waals surface area contributed by atoms with E-state index >= 15 is 0 Å². The Balaban J connectivity index is 0.00000280. The molecule has 3 rings (SSSR count). The summed E-state index contributed by atoms with van der Waals surface area (Å²) in [5.41, 5.74) is 1.00. The van der Waals surface area contributed by atoms with Gasteiger partial charge in [0.25, 0.3) is 0 Å². The summed E-state index contributed by atoms with van der Waals surface area (Å²) >= 11 is 0. The van der Waals surface area contributed by atoms with Crippen molar-refractivity contribution in [3.63, 3.8) is 0 Å². The molecule has 2 saturated heterocycles. The van der Waals surface area contributed by atoms with Crippen molar-refractivity contribution in [3.05, 3.63) is 29.8 Å². The lowest BCUT2D eigenvalue weighted by atomic mass is 10.1. The van der Waals surface area contributed by atoms with Crippen molar-refractivity contribution >= 4 is 28.3 Å². The number of benzene rings is 1. The second-order valence-electron chi connectivity index (χ2n) is 7.49. The van der Waals surface area contributed by atoms with Crippen molar-refractivity contribution < 1.29 is 13.2 Å². The molecule has 0 bridgehead atoms. The first-order valence-electron chi connectivity index (χ1n) is 10.1. The first-order valence-corrected chi connectivity index (χ1v) is 11.6. The number of nitrogens with one attached hydrogen (secondary N) is 1. The molecular weight excluding hydrogens is 398 g/mol. The maximum atomic E-state index is 12.7. The minimum absolute atomic E-state index is 0. The molecule has 6 nitrogen and oxygen atoms in total. The molecular formula is C20H32ClN3O3S. The summed E-state index contributed by atoms with van der Waals surface area (Å²) in [6.07, 6.45) is 4.96. The molecule has 0 saturated carbocycles. The summed E-state index contributed by atoms with van der Waals surface area (Å²) in [5.74, 6) is 0.194. The highest BCUT2D eigenvalue weighted by Gasteiger charge is 2.27. The number of aryl methyl sites for hydroxylation is 1. The van der Waals surface area contributed by atoms with E-state index in [1.807, 2.05) is 17.0 Å². The molecule has 0 aromatic heterocycles. The predicted octanol–water partition coefficient (Wildman–Crippen LogP) is 2.43. The van der Waals surface area contributed by atoms with Crippen LogP contribution >= 0.6 is 12.4 Å². The Hall–Kier alpha value is -1.15. The fraction of sp³-hybridized carbons (Fsp3) is 0.650. The maximum Gasteiger partial charge on any atom is 0.243 e. The van der Waals surface area contributed by atoms with Gasteiger partial charge in [0.1, 0.15) is 0 Å². The van der Waals surface area contributed by atoms with Crippen LogP contribution in [-0.4, -0.2) is 62.3 Å². The van der Waals surface area contributed by atoms with Gasteiger partial charge in [-0.1, -0.05) is 19.1 Å². The van der Waals surface area contributed by atoms with Gasteiger partial charge in [-0.2, -0.15) is 4.31 Å². The number of carbonyl (C=O) groups is 1. The van der Waals surface area contributed by atoms with E-state index in [1.165, 1.54) is 0 Å². The number of amides is 1. The normalized spacial score (nSPS) is 20.1. The highest BCUT2D eigenvalue weighted by molar-refractivity contribution is 7.89. The third-order valence-corrected chi connectivity index (χ3v) is 7.43. The van der Waals surface area contributed by atoms with Crippen molar-refractivity contribution in [2.24, 2.45) is 0 Å². The second kappa shape index (κ2) is 10.6. The molecule has 0 radical (unpaired) electrons. The smallest absolute Gasteiger partial charge is 0.243 e. The van der Waals surface area contributed by atoms with E-state index in [0.717, 1.165) is 50.9 Å². The molecule has 1 unspecified atom stereocenters. The van der Waals surface area contributed by atoms with Crippen LogP contribution in [0.4, 0.5) is 0 Å². The van der Waals surface area contributed by atoms with E-state index in [4.69, 9.17) is 0 Å². The average Bonchev–Trinajstić information content (AvgIpc) is 3.38. The van der Waals surface area contributed by atoms with E-state index in [9.17, 15) is 13.2 Å². The quantitative estimate of drug-likeness (QED) is 0.689. The van der Waals surface area contributed by atoms with Crippen LogP contribution in [0.1, 0.15) is 44.6 Å². The van der Waals surface area contributed by atoms with E-state index in [0.29, 0.717) is 36.9 Å². The number of hydrogen-bond donors (Lipinski definition) is 1. The molecule has 2 heterocycles. The van der Waals surface area contributed by atoms with Crippen LogP contribution in [0, 0.1) is 0 Å². The molecule has 0 aliphatic carbocycles. The van der Waals surface area contributed by atoms with Crippen molar-refractivity contribution in [1.29, 1.82) is 0 Å². The highest BCUT2D eigenvalue weighted by atomic mass is 35.5. The molecule has 2 fully saturated rings. The molecule has 158 valence electrons. The van der Waals surface area contributed by atoms with Crippen LogP contribution < -0.4 is 5.32 Å². The molecule has 2 aliphatic rings.